The molecule has 4 fully saturated rings. The van der Waals surface area contributed by atoms with Crippen molar-refractivity contribution in [3.05, 3.63) is 57.3 Å². The Hall–Kier alpha value is -4.02. The Labute approximate surface area is 310 Å². The van der Waals surface area contributed by atoms with E-state index in [0.717, 1.165) is 94.9 Å². The summed E-state index contributed by atoms with van der Waals surface area (Å²) in [6.07, 6.45) is 16.3. The Kier molecular flexibility index (Phi) is 7.05. The number of allylic oxidation sites excluding steroid dienone is 4. The molecule has 52 heavy (non-hydrogen) atoms. The number of carbonyl (C=O) groups is 4. The van der Waals surface area contributed by atoms with E-state index in [1.165, 1.54) is 22.7 Å². The van der Waals surface area contributed by atoms with Gasteiger partial charge < -0.3 is 9.47 Å². The van der Waals surface area contributed by atoms with E-state index in [0.29, 0.717) is 10.0 Å². The monoisotopic (exact) mass is 732 g/mol. The minimum atomic E-state index is -0.616. The van der Waals surface area contributed by atoms with E-state index < -0.39 is 11.2 Å². The van der Waals surface area contributed by atoms with E-state index in [9.17, 15) is 19.2 Å². The SMILES string of the molecule is CC1(C)Oc2cc(N=C3C(=O)C4CCCCC4C3=O)sc2C2=CC3C=C4C(=CC3C=C21)c1sc(N=C2C(=O)C3CCCCC3C2=O)cc1OC4(C)C. The smallest absolute Gasteiger partial charge is 0.188 e. The minimum Gasteiger partial charge on any atom is -0.482 e. The quantitative estimate of drug-likeness (QED) is 0.305. The maximum atomic E-state index is 13.2. The van der Waals surface area contributed by atoms with Gasteiger partial charge in [-0.15, -0.1) is 22.7 Å². The molecular formula is C42H40N2O6S2. The molecule has 266 valence electrons. The van der Waals surface area contributed by atoms with Crippen LogP contribution in [-0.4, -0.2) is 45.8 Å². The number of Topliss-reactive ketones (excluding diaryl/α,β-unsaturated/α-hetero) is 4. The number of nitrogens with zero attached hydrogens (tertiary/aromatic N) is 2. The Balaban J connectivity index is 0.996. The molecule has 4 heterocycles. The normalized spacial score (nSPS) is 32.0. The zero-order valence-corrected chi connectivity index (χ0v) is 31.4. The first-order valence-electron chi connectivity index (χ1n) is 18.8. The Morgan fingerprint density at radius 1 is 0.558 bits per heavy atom. The Bertz CT molecular complexity index is 2030. The van der Waals surface area contributed by atoms with Gasteiger partial charge in [-0.2, -0.15) is 0 Å². The molecule has 0 amide bonds. The number of thiophene rings is 2. The standard InChI is InChI=1S/C42H40N2O6S2/c1-41(2)27-15-19-14-26-28(42(3,4)50-30-18-32(52-40(26)30)44-34-37(47)23-11-7-8-12-24(23)38(34)48)16-20(19)13-25(27)39-29(49-41)17-31(51-39)43-33-35(45)21-9-5-6-10-22(21)36(33)46/h13-24H,5-12H2,1-4H3. The second kappa shape index (κ2) is 11.2. The number of rotatable bonds is 2. The topological polar surface area (TPSA) is 111 Å². The molecule has 6 unspecified atom stereocenters. The molecule has 10 heteroatoms. The molecule has 2 aromatic rings. The van der Waals surface area contributed by atoms with Gasteiger partial charge in [0.15, 0.2) is 34.6 Å². The third kappa shape index (κ3) is 4.75. The number of aliphatic imine (C=N–C) groups is 2. The van der Waals surface area contributed by atoms with E-state index in [2.05, 4.69) is 52.0 Å². The van der Waals surface area contributed by atoms with Gasteiger partial charge in [0.25, 0.3) is 0 Å². The van der Waals surface area contributed by atoms with Crippen LogP contribution in [-0.2, 0) is 19.2 Å². The molecule has 0 spiro atoms. The molecule has 0 N–H and O–H groups in total. The predicted octanol–water partition coefficient (Wildman–Crippen LogP) is 8.79. The highest BCUT2D eigenvalue weighted by Gasteiger charge is 2.50. The number of ketones is 4. The first kappa shape index (κ1) is 32.6. The van der Waals surface area contributed by atoms with Gasteiger partial charge in [0.05, 0.1) is 9.75 Å². The number of ether oxygens (including phenoxy) is 2. The Morgan fingerprint density at radius 3 is 1.25 bits per heavy atom. The third-order valence-corrected chi connectivity index (χ3v) is 14.7. The maximum Gasteiger partial charge on any atom is 0.188 e. The van der Waals surface area contributed by atoms with Crippen LogP contribution in [0.1, 0.15) is 88.8 Å². The van der Waals surface area contributed by atoms with Crippen molar-refractivity contribution in [2.24, 2.45) is 45.5 Å². The van der Waals surface area contributed by atoms with Gasteiger partial charge in [-0.1, -0.05) is 50.0 Å². The van der Waals surface area contributed by atoms with Crippen molar-refractivity contribution >= 4 is 78.4 Å². The van der Waals surface area contributed by atoms with Crippen molar-refractivity contribution in [2.75, 3.05) is 0 Å². The highest BCUT2D eigenvalue weighted by molar-refractivity contribution is 7.17. The summed E-state index contributed by atoms with van der Waals surface area (Å²) in [5.41, 5.74) is 3.39. The van der Waals surface area contributed by atoms with Crippen molar-refractivity contribution in [1.29, 1.82) is 0 Å². The number of hydrogen-bond acceptors (Lipinski definition) is 10. The lowest BCUT2D eigenvalue weighted by molar-refractivity contribution is -0.120. The van der Waals surface area contributed by atoms with E-state index in [-0.39, 0.29) is 70.1 Å². The molecule has 10 rings (SSSR count). The molecule has 0 aromatic carbocycles. The summed E-state index contributed by atoms with van der Waals surface area (Å²) in [4.78, 5) is 64.2. The van der Waals surface area contributed by atoms with Gasteiger partial charge in [0.2, 0.25) is 0 Å². The Morgan fingerprint density at radius 2 is 0.904 bits per heavy atom. The van der Waals surface area contributed by atoms with E-state index in [1.807, 2.05) is 12.1 Å². The molecule has 0 radical (unpaired) electrons. The minimum absolute atomic E-state index is 0.0680. The van der Waals surface area contributed by atoms with Gasteiger partial charge >= 0.3 is 0 Å². The fourth-order valence-corrected chi connectivity index (χ4v) is 12.0. The van der Waals surface area contributed by atoms with Crippen molar-refractivity contribution in [3.63, 3.8) is 0 Å². The van der Waals surface area contributed by atoms with Crippen LogP contribution >= 0.6 is 22.7 Å². The third-order valence-electron chi connectivity index (χ3n) is 12.6. The molecule has 2 aliphatic heterocycles. The fraction of sp³-hybridized carbons (Fsp3) is 0.476. The van der Waals surface area contributed by atoms with E-state index in [4.69, 9.17) is 19.5 Å². The molecule has 8 nitrogen and oxygen atoms in total. The largest absolute Gasteiger partial charge is 0.482 e. The van der Waals surface area contributed by atoms with Crippen LogP contribution in [0.4, 0.5) is 10.0 Å². The van der Waals surface area contributed by atoms with Crippen molar-refractivity contribution in [2.45, 2.75) is 90.3 Å². The van der Waals surface area contributed by atoms with Crippen LogP contribution in [0.5, 0.6) is 11.5 Å². The van der Waals surface area contributed by atoms with E-state index in [1.54, 1.807) is 0 Å². The van der Waals surface area contributed by atoms with Crippen LogP contribution in [0.2, 0.25) is 0 Å². The van der Waals surface area contributed by atoms with Crippen LogP contribution in [0.15, 0.2) is 57.6 Å². The van der Waals surface area contributed by atoms with Crippen molar-refractivity contribution < 1.29 is 28.7 Å². The van der Waals surface area contributed by atoms with E-state index >= 15 is 0 Å². The number of carbonyl (C=O) groups excluding carboxylic acids is 4. The predicted molar refractivity (Wildman–Crippen MR) is 202 cm³/mol. The first-order valence-corrected chi connectivity index (χ1v) is 20.4. The summed E-state index contributed by atoms with van der Waals surface area (Å²) in [5, 5.41) is 1.24. The first-order chi connectivity index (χ1) is 24.9. The lowest BCUT2D eigenvalue weighted by Crippen LogP contribution is -2.39. The van der Waals surface area contributed by atoms with Crippen molar-refractivity contribution in [1.82, 2.24) is 0 Å². The summed E-state index contributed by atoms with van der Waals surface area (Å²) in [7, 11) is 0. The highest BCUT2D eigenvalue weighted by Crippen LogP contribution is 2.57. The second-order valence-electron chi connectivity index (χ2n) is 16.6. The number of hydrogen-bond donors (Lipinski definition) is 0. The molecular weight excluding hydrogens is 693 g/mol. The average molecular weight is 733 g/mol. The molecule has 8 aliphatic rings. The molecule has 6 aliphatic carbocycles. The van der Waals surface area contributed by atoms with Crippen LogP contribution < -0.4 is 9.47 Å². The average Bonchev–Trinajstić information content (AvgIpc) is 3.84. The lowest BCUT2D eigenvalue weighted by atomic mass is 9.70. The van der Waals surface area contributed by atoms with Gasteiger partial charge in [-0.05, 0) is 75.7 Å². The number of fused-ring (bicyclic) bond motifs is 9. The molecule has 2 aromatic heterocycles. The van der Waals surface area contributed by atoms with Gasteiger partial charge in [0, 0.05) is 47.6 Å². The molecule has 0 bridgehead atoms. The summed E-state index contributed by atoms with van der Waals surface area (Å²) in [5.74, 6) is 0.367. The molecule has 4 saturated carbocycles. The van der Waals surface area contributed by atoms with Crippen LogP contribution in [0.3, 0.4) is 0 Å². The maximum absolute atomic E-state index is 13.2. The van der Waals surface area contributed by atoms with Gasteiger partial charge in [0.1, 0.15) is 32.7 Å². The fourth-order valence-electron chi connectivity index (χ4n) is 10.0. The summed E-state index contributed by atoms with van der Waals surface area (Å²) < 4.78 is 13.2. The highest BCUT2D eigenvalue weighted by atomic mass is 32.1. The van der Waals surface area contributed by atoms with Crippen LogP contribution in [0.25, 0.3) is 11.1 Å². The zero-order chi connectivity index (χ0) is 35.8. The van der Waals surface area contributed by atoms with Gasteiger partial charge in [-0.25, -0.2) is 9.98 Å². The summed E-state index contributed by atoms with van der Waals surface area (Å²) in [6, 6.07) is 3.77. The molecule has 6 atom stereocenters. The second-order valence-corrected chi connectivity index (χ2v) is 18.7. The van der Waals surface area contributed by atoms with Gasteiger partial charge in [-0.3, -0.25) is 19.2 Å². The summed E-state index contributed by atoms with van der Waals surface area (Å²) >= 11 is 2.95. The molecule has 0 saturated heterocycles. The van der Waals surface area contributed by atoms with Crippen LogP contribution in [0, 0.1) is 35.5 Å². The summed E-state index contributed by atoms with van der Waals surface area (Å²) in [6.45, 7) is 8.31. The van der Waals surface area contributed by atoms with Crippen molar-refractivity contribution in [3.8, 4) is 11.5 Å². The zero-order valence-electron chi connectivity index (χ0n) is 29.7. The lowest BCUT2D eigenvalue weighted by Gasteiger charge is -2.42.